The topological polar surface area (TPSA) is 72.8 Å². The molecule has 5 rings (SSSR count). The maximum atomic E-state index is 13.5. The fourth-order valence-electron chi connectivity index (χ4n) is 5.47. The number of rotatable bonds is 3. The van der Waals surface area contributed by atoms with Gasteiger partial charge in [-0.1, -0.05) is 19.1 Å². The summed E-state index contributed by atoms with van der Waals surface area (Å²) in [6.07, 6.45) is 9.33. The number of Topliss-reactive ketones (excluding diaryl/α,β-unsaturated/α-hetero) is 1. The summed E-state index contributed by atoms with van der Waals surface area (Å²) in [6.45, 7) is 1.87. The van der Waals surface area contributed by atoms with E-state index >= 15 is 0 Å². The van der Waals surface area contributed by atoms with Crippen LogP contribution < -0.4 is 0 Å². The first kappa shape index (κ1) is 17.8. The zero-order valence-electron chi connectivity index (χ0n) is 15.2. The Morgan fingerprint density at radius 3 is 2.58 bits per heavy atom. The Kier molecular flexibility index (Phi) is 3.58. The van der Waals surface area contributed by atoms with Gasteiger partial charge in [-0.2, -0.15) is 0 Å². The molecule has 6 heteroatoms. The molecule has 0 unspecified atom stereocenters. The van der Waals surface area contributed by atoms with Gasteiger partial charge in [0.25, 0.3) is 0 Å². The third-order valence-corrected chi connectivity index (χ3v) is 7.53. The number of allylic oxidation sites excluding steroid dienone is 2. The monoisotopic (exact) mass is 378 g/mol. The molecule has 140 valence electrons. The molecule has 4 atom stereocenters. The minimum absolute atomic E-state index is 0.154. The van der Waals surface area contributed by atoms with Crippen LogP contribution >= 0.6 is 11.6 Å². The molecule has 0 saturated heterocycles. The van der Waals surface area contributed by atoms with Gasteiger partial charge in [-0.05, 0) is 49.3 Å². The maximum Gasteiger partial charge on any atom is 0.323 e. The number of carbonyl (C=O) groups excluding carboxylic acids is 2. The summed E-state index contributed by atoms with van der Waals surface area (Å²) in [4.78, 5) is 24.8. The summed E-state index contributed by atoms with van der Waals surface area (Å²) in [6, 6.07) is 0. The van der Waals surface area contributed by atoms with E-state index in [1.54, 1.807) is 0 Å². The Balaban J connectivity index is 2.00. The average Bonchev–Trinajstić information content (AvgIpc) is 2.80. The van der Waals surface area contributed by atoms with Crippen LogP contribution in [0.15, 0.2) is 35.1 Å². The van der Waals surface area contributed by atoms with Crippen LogP contribution in [0.1, 0.15) is 39.0 Å². The van der Waals surface area contributed by atoms with Crippen molar-refractivity contribution in [2.24, 2.45) is 10.8 Å². The van der Waals surface area contributed by atoms with Gasteiger partial charge in [-0.25, -0.2) is 0 Å². The molecule has 5 nitrogen and oxygen atoms in total. The fourth-order valence-corrected chi connectivity index (χ4v) is 5.91. The molecule has 0 radical (unpaired) electrons. The number of esters is 1. The van der Waals surface area contributed by atoms with E-state index in [1.165, 1.54) is 20.3 Å². The van der Waals surface area contributed by atoms with Crippen molar-refractivity contribution in [2.45, 2.75) is 49.5 Å². The van der Waals surface area contributed by atoms with Crippen molar-refractivity contribution in [2.75, 3.05) is 14.2 Å². The molecule has 0 heterocycles. The summed E-state index contributed by atoms with van der Waals surface area (Å²) in [5, 5.41) is 11.8. The summed E-state index contributed by atoms with van der Waals surface area (Å²) in [5.74, 6) is -1.05. The number of methoxy groups -OCH3 is 2. The highest BCUT2D eigenvalue weighted by molar-refractivity contribution is 6.34. The number of alkyl halides is 1. The lowest BCUT2D eigenvalue weighted by Gasteiger charge is -2.58. The van der Waals surface area contributed by atoms with Gasteiger partial charge in [-0.15, -0.1) is 11.6 Å². The smallest absolute Gasteiger partial charge is 0.323 e. The second-order valence-electron chi connectivity index (χ2n) is 8.00. The SMILES string of the molecule is COC(=O)[C@@]12C=C(OC)[C@@]3(Cl)[C@@](O)(C1=O)C(C1=CCCCC1)=C[C@@]3(C)C2. The van der Waals surface area contributed by atoms with Crippen LogP contribution in [0, 0.1) is 10.8 Å². The first-order chi connectivity index (χ1) is 12.2. The third kappa shape index (κ3) is 1.67. The summed E-state index contributed by atoms with van der Waals surface area (Å²) in [7, 11) is 2.69. The molecule has 1 saturated carbocycles. The number of ketones is 1. The van der Waals surface area contributed by atoms with Crippen molar-refractivity contribution >= 4 is 23.4 Å². The predicted molar refractivity (Wildman–Crippen MR) is 95.4 cm³/mol. The zero-order valence-corrected chi connectivity index (χ0v) is 16.0. The zero-order chi connectivity index (χ0) is 19.0. The van der Waals surface area contributed by atoms with E-state index in [2.05, 4.69) is 6.08 Å². The number of carbonyl (C=O) groups is 2. The summed E-state index contributed by atoms with van der Waals surface area (Å²) >= 11 is 7.03. The first-order valence-electron chi connectivity index (χ1n) is 8.96. The summed E-state index contributed by atoms with van der Waals surface area (Å²) in [5.41, 5.74) is -2.95. The molecule has 0 amide bonds. The second-order valence-corrected chi connectivity index (χ2v) is 8.57. The molecular formula is C20H23ClO5. The molecule has 4 bridgehead atoms. The molecule has 0 spiro atoms. The van der Waals surface area contributed by atoms with E-state index in [0.717, 1.165) is 31.3 Å². The Morgan fingerprint density at radius 2 is 2.00 bits per heavy atom. The van der Waals surface area contributed by atoms with E-state index in [9.17, 15) is 14.7 Å². The van der Waals surface area contributed by atoms with Crippen molar-refractivity contribution in [1.29, 1.82) is 0 Å². The Morgan fingerprint density at radius 1 is 1.27 bits per heavy atom. The van der Waals surface area contributed by atoms with Crippen LogP contribution in [0.3, 0.4) is 0 Å². The Labute approximate surface area is 157 Å². The normalized spacial score (nSPS) is 43.6. The van der Waals surface area contributed by atoms with E-state index in [0.29, 0.717) is 5.57 Å². The summed E-state index contributed by atoms with van der Waals surface area (Å²) < 4.78 is 10.4. The average molecular weight is 379 g/mol. The standard InChI is InChI=1S/C20H23ClO5/c1-17-9-13(12-7-5-4-6-8-12)19(24)15(22)18(11-17,16(23)26-3)10-14(25-2)20(17,19)21/h7,9-10,24H,4-6,8,11H2,1-3H3/t17-,18+,19-,20-/m0/s1. The highest BCUT2D eigenvalue weighted by Crippen LogP contribution is 2.72. The van der Waals surface area contributed by atoms with Gasteiger partial charge in [0, 0.05) is 5.41 Å². The van der Waals surface area contributed by atoms with Crippen molar-refractivity contribution in [3.8, 4) is 0 Å². The lowest BCUT2D eigenvalue weighted by atomic mass is 9.49. The minimum atomic E-state index is -2.01. The lowest BCUT2D eigenvalue weighted by molar-refractivity contribution is -0.174. The number of hydrogen-bond acceptors (Lipinski definition) is 5. The van der Waals surface area contributed by atoms with Crippen LogP contribution in [0.2, 0.25) is 0 Å². The number of aliphatic hydroxyl groups is 1. The van der Waals surface area contributed by atoms with Crippen LogP contribution in [0.25, 0.3) is 0 Å². The van der Waals surface area contributed by atoms with E-state index < -0.39 is 33.1 Å². The maximum absolute atomic E-state index is 13.5. The van der Waals surface area contributed by atoms with Crippen LogP contribution in [0.5, 0.6) is 0 Å². The largest absolute Gasteiger partial charge is 0.499 e. The van der Waals surface area contributed by atoms with Gasteiger partial charge < -0.3 is 14.6 Å². The van der Waals surface area contributed by atoms with Crippen molar-refractivity contribution < 1.29 is 24.2 Å². The number of halogens is 1. The molecule has 5 aliphatic rings. The Bertz CT molecular complexity index is 811. The quantitative estimate of drug-likeness (QED) is 0.464. The molecule has 0 aliphatic heterocycles. The minimum Gasteiger partial charge on any atom is -0.499 e. The lowest BCUT2D eigenvalue weighted by Crippen LogP contribution is -2.73. The number of ether oxygens (including phenoxy) is 2. The van der Waals surface area contributed by atoms with E-state index in [1.807, 2.05) is 13.0 Å². The first-order valence-corrected chi connectivity index (χ1v) is 9.34. The number of hydrogen-bond donors (Lipinski definition) is 1. The van der Waals surface area contributed by atoms with E-state index in [-0.39, 0.29) is 12.2 Å². The predicted octanol–water partition coefficient (Wildman–Crippen LogP) is 2.82. The van der Waals surface area contributed by atoms with Crippen molar-refractivity contribution in [3.63, 3.8) is 0 Å². The highest BCUT2D eigenvalue weighted by atomic mass is 35.5. The second kappa shape index (κ2) is 5.23. The van der Waals surface area contributed by atoms with Gasteiger partial charge in [0.1, 0.15) is 10.6 Å². The van der Waals surface area contributed by atoms with Crippen LogP contribution in [0.4, 0.5) is 0 Å². The van der Waals surface area contributed by atoms with E-state index in [4.69, 9.17) is 21.1 Å². The van der Waals surface area contributed by atoms with Crippen molar-refractivity contribution in [3.05, 3.63) is 35.1 Å². The molecule has 0 aromatic carbocycles. The van der Waals surface area contributed by atoms with Crippen LogP contribution in [-0.4, -0.2) is 41.6 Å². The van der Waals surface area contributed by atoms with Crippen molar-refractivity contribution in [1.82, 2.24) is 0 Å². The van der Waals surface area contributed by atoms with Gasteiger partial charge >= 0.3 is 5.97 Å². The van der Waals surface area contributed by atoms with Gasteiger partial charge in [-0.3, -0.25) is 9.59 Å². The molecule has 0 aromatic rings. The molecule has 5 aliphatic carbocycles. The highest BCUT2D eigenvalue weighted by Gasteiger charge is 2.82. The Hall–Kier alpha value is -1.59. The molecule has 1 N–H and O–H groups in total. The fraction of sp³-hybridized carbons (Fsp3) is 0.600. The van der Waals surface area contributed by atoms with Crippen LogP contribution in [-0.2, 0) is 19.1 Å². The van der Waals surface area contributed by atoms with Gasteiger partial charge in [0.15, 0.2) is 16.8 Å². The molecule has 0 aromatic heterocycles. The third-order valence-electron chi connectivity index (χ3n) is 6.64. The molecule has 26 heavy (non-hydrogen) atoms. The molecular weight excluding hydrogens is 356 g/mol. The van der Waals surface area contributed by atoms with Gasteiger partial charge in [0.2, 0.25) is 0 Å². The van der Waals surface area contributed by atoms with Gasteiger partial charge in [0.05, 0.1) is 14.2 Å². The molecule has 1 fully saturated rings.